The fourth-order valence-electron chi connectivity index (χ4n) is 2.06. The molecule has 88 valence electrons. The Bertz CT molecular complexity index is 399. The van der Waals surface area contributed by atoms with Gasteiger partial charge < -0.3 is 10.5 Å². The van der Waals surface area contributed by atoms with Crippen molar-refractivity contribution in [2.45, 2.75) is 36.6 Å². The molecule has 0 radical (unpaired) electrons. The summed E-state index contributed by atoms with van der Waals surface area (Å²) in [5.41, 5.74) is 8.73. The van der Waals surface area contributed by atoms with E-state index in [9.17, 15) is 0 Å². The highest BCUT2D eigenvalue weighted by Crippen LogP contribution is 2.41. The van der Waals surface area contributed by atoms with Gasteiger partial charge in [0.15, 0.2) is 0 Å². The molecule has 1 aliphatic carbocycles. The summed E-state index contributed by atoms with van der Waals surface area (Å²) in [6, 6.07) is 4.29. The number of rotatable bonds is 4. The first kappa shape index (κ1) is 11.8. The van der Waals surface area contributed by atoms with Gasteiger partial charge in [0.2, 0.25) is 0 Å². The molecule has 1 aromatic rings. The normalized spacial score (nSPS) is 17.2. The van der Waals surface area contributed by atoms with E-state index >= 15 is 0 Å². The molecular weight excluding hydrogens is 218 g/mol. The quantitative estimate of drug-likeness (QED) is 0.818. The second-order valence-electron chi connectivity index (χ2n) is 4.64. The molecule has 2 nitrogen and oxygen atoms in total. The van der Waals surface area contributed by atoms with Crippen LogP contribution in [0, 0.1) is 6.92 Å². The second kappa shape index (κ2) is 4.30. The molecule has 0 unspecified atom stereocenters. The average molecular weight is 237 g/mol. The molecule has 3 heteroatoms. The summed E-state index contributed by atoms with van der Waals surface area (Å²) in [4.78, 5) is 1.29. The summed E-state index contributed by atoms with van der Waals surface area (Å²) < 4.78 is 5.52. The molecule has 1 aromatic carbocycles. The van der Waals surface area contributed by atoms with Crippen molar-refractivity contribution >= 4 is 11.8 Å². The fourth-order valence-corrected chi connectivity index (χ4v) is 2.67. The van der Waals surface area contributed by atoms with Gasteiger partial charge in [-0.3, -0.25) is 0 Å². The molecule has 0 amide bonds. The third kappa shape index (κ3) is 2.20. The van der Waals surface area contributed by atoms with Gasteiger partial charge in [-0.05, 0) is 44.1 Å². The number of benzene rings is 1. The van der Waals surface area contributed by atoms with Crippen LogP contribution in [0.4, 0.5) is 0 Å². The van der Waals surface area contributed by atoms with Crippen LogP contribution < -0.4 is 10.5 Å². The Morgan fingerprint density at radius 2 is 2.12 bits per heavy atom. The molecular formula is C13H19NOS. The lowest BCUT2D eigenvalue weighted by molar-refractivity contribution is 0.402. The van der Waals surface area contributed by atoms with Crippen LogP contribution >= 0.6 is 11.8 Å². The zero-order chi connectivity index (χ0) is 11.8. The summed E-state index contributed by atoms with van der Waals surface area (Å²) in [5.74, 6) is 1.02. The first-order chi connectivity index (χ1) is 7.59. The fraction of sp³-hybridized carbons (Fsp3) is 0.538. The summed E-state index contributed by atoms with van der Waals surface area (Å²) in [6.45, 7) is 2.09. The Morgan fingerprint density at radius 3 is 2.62 bits per heavy atom. The van der Waals surface area contributed by atoms with Crippen LogP contribution in [0.2, 0.25) is 0 Å². The second-order valence-corrected chi connectivity index (χ2v) is 5.48. The van der Waals surface area contributed by atoms with E-state index in [4.69, 9.17) is 10.5 Å². The molecule has 0 spiro atoms. The highest BCUT2D eigenvalue weighted by Gasteiger charge is 2.39. The highest BCUT2D eigenvalue weighted by atomic mass is 32.2. The number of aryl methyl sites for hydroxylation is 1. The maximum atomic E-state index is 6.21. The first-order valence-electron chi connectivity index (χ1n) is 5.59. The third-order valence-electron chi connectivity index (χ3n) is 3.26. The van der Waals surface area contributed by atoms with Crippen molar-refractivity contribution in [2.75, 3.05) is 13.4 Å². The molecule has 0 atom stereocenters. The smallest absolute Gasteiger partial charge is 0.126 e. The summed E-state index contributed by atoms with van der Waals surface area (Å²) in [7, 11) is 1.74. The summed E-state index contributed by atoms with van der Waals surface area (Å²) in [5, 5.41) is 0. The number of hydrogen-bond donors (Lipinski definition) is 1. The molecule has 0 heterocycles. The number of ether oxygens (including phenoxy) is 1. The number of thioether (sulfide) groups is 1. The largest absolute Gasteiger partial charge is 0.496 e. The maximum absolute atomic E-state index is 6.21. The van der Waals surface area contributed by atoms with Gasteiger partial charge in [0.05, 0.1) is 7.11 Å². The lowest BCUT2D eigenvalue weighted by Gasteiger charge is -2.17. The van der Waals surface area contributed by atoms with E-state index in [2.05, 4.69) is 25.3 Å². The first-order valence-corrected chi connectivity index (χ1v) is 6.81. The van der Waals surface area contributed by atoms with Crippen LogP contribution in [0.1, 0.15) is 24.0 Å². The topological polar surface area (TPSA) is 35.2 Å². The van der Waals surface area contributed by atoms with E-state index in [1.54, 1.807) is 18.9 Å². The van der Waals surface area contributed by atoms with Gasteiger partial charge in [-0.15, -0.1) is 11.8 Å². The molecule has 1 saturated carbocycles. The Morgan fingerprint density at radius 1 is 1.44 bits per heavy atom. The van der Waals surface area contributed by atoms with Crippen LogP contribution in [0.15, 0.2) is 17.0 Å². The van der Waals surface area contributed by atoms with Crippen molar-refractivity contribution in [1.29, 1.82) is 0 Å². The predicted molar refractivity (Wildman–Crippen MR) is 69.4 cm³/mol. The monoisotopic (exact) mass is 237 g/mol. The summed E-state index contributed by atoms with van der Waals surface area (Å²) in [6.07, 6.45) is 5.31. The van der Waals surface area contributed by atoms with Crippen LogP contribution in [0.25, 0.3) is 0 Å². The molecule has 0 bridgehead atoms. The Balaban J connectivity index is 2.41. The van der Waals surface area contributed by atoms with Crippen molar-refractivity contribution in [3.63, 3.8) is 0 Å². The average Bonchev–Trinajstić information content (AvgIpc) is 2.97. The van der Waals surface area contributed by atoms with Crippen molar-refractivity contribution in [3.8, 4) is 5.75 Å². The SMILES string of the molecule is COc1c(C)ccc(SC)c1CC1(N)CC1. The third-order valence-corrected chi connectivity index (χ3v) is 4.08. The van der Waals surface area contributed by atoms with E-state index in [1.165, 1.54) is 16.0 Å². The van der Waals surface area contributed by atoms with E-state index in [-0.39, 0.29) is 5.54 Å². The molecule has 0 saturated heterocycles. The zero-order valence-electron chi connectivity index (χ0n) is 10.2. The molecule has 1 fully saturated rings. The highest BCUT2D eigenvalue weighted by molar-refractivity contribution is 7.98. The Hall–Kier alpha value is -0.670. The van der Waals surface area contributed by atoms with E-state index < -0.39 is 0 Å². The van der Waals surface area contributed by atoms with Gasteiger partial charge in [0.25, 0.3) is 0 Å². The molecule has 0 aromatic heterocycles. The lowest BCUT2D eigenvalue weighted by Crippen LogP contribution is -2.25. The number of hydrogen-bond acceptors (Lipinski definition) is 3. The predicted octanol–water partition coefficient (Wildman–Crippen LogP) is 2.76. The molecule has 2 rings (SSSR count). The summed E-state index contributed by atoms with van der Waals surface area (Å²) >= 11 is 1.77. The van der Waals surface area contributed by atoms with Crippen molar-refractivity contribution < 1.29 is 4.74 Å². The van der Waals surface area contributed by atoms with E-state index in [0.29, 0.717) is 0 Å². The van der Waals surface area contributed by atoms with Gasteiger partial charge in [-0.25, -0.2) is 0 Å². The Kier molecular flexibility index (Phi) is 3.17. The Labute approximate surface area is 102 Å². The van der Waals surface area contributed by atoms with Crippen molar-refractivity contribution in [3.05, 3.63) is 23.3 Å². The zero-order valence-corrected chi connectivity index (χ0v) is 11.0. The van der Waals surface area contributed by atoms with Gasteiger partial charge in [0.1, 0.15) is 5.75 Å². The molecule has 0 aliphatic heterocycles. The lowest BCUT2D eigenvalue weighted by atomic mass is 10.0. The molecule has 1 aliphatic rings. The number of methoxy groups -OCH3 is 1. The maximum Gasteiger partial charge on any atom is 0.126 e. The minimum atomic E-state index is 0.0333. The van der Waals surface area contributed by atoms with Crippen molar-refractivity contribution in [2.24, 2.45) is 5.73 Å². The van der Waals surface area contributed by atoms with Gasteiger partial charge >= 0.3 is 0 Å². The minimum Gasteiger partial charge on any atom is -0.496 e. The van der Waals surface area contributed by atoms with Gasteiger partial charge in [-0.1, -0.05) is 6.07 Å². The molecule has 2 N–H and O–H groups in total. The van der Waals surface area contributed by atoms with Crippen LogP contribution in [0.3, 0.4) is 0 Å². The van der Waals surface area contributed by atoms with Crippen LogP contribution in [0.5, 0.6) is 5.75 Å². The van der Waals surface area contributed by atoms with Crippen LogP contribution in [-0.4, -0.2) is 18.9 Å². The van der Waals surface area contributed by atoms with E-state index in [1.807, 2.05) is 0 Å². The van der Waals surface area contributed by atoms with Gasteiger partial charge in [-0.2, -0.15) is 0 Å². The number of nitrogens with two attached hydrogens (primary N) is 1. The van der Waals surface area contributed by atoms with E-state index in [0.717, 1.165) is 25.0 Å². The minimum absolute atomic E-state index is 0.0333. The molecule has 16 heavy (non-hydrogen) atoms. The van der Waals surface area contributed by atoms with Crippen LogP contribution in [-0.2, 0) is 6.42 Å². The standard InChI is InChI=1S/C13H19NOS/c1-9-4-5-11(16-3)10(12(9)15-2)8-13(14)6-7-13/h4-5H,6-8,14H2,1-3H3. The van der Waals surface area contributed by atoms with Crippen molar-refractivity contribution in [1.82, 2.24) is 0 Å². The van der Waals surface area contributed by atoms with Gasteiger partial charge in [0, 0.05) is 16.0 Å².